The third-order valence-corrected chi connectivity index (χ3v) is 6.03. The van der Waals surface area contributed by atoms with Gasteiger partial charge in [0.2, 0.25) is 0 Å². The molecule has 1 aliphatic carbocycles. The second kappa shape index (κ2) is 5.88. The van der Waals surface area contributed by atoms with Crippen LogP contribution in [0.15, 0.2) is 53.3 Å². The number of likely N-dealkylation sites (tertiary alicyclic amines) is 1. The topological polar surface area (TPSA) is 41.0 Å². The summed E-state index contributed by atoms with van der Waals surface area (Å²) < 4.78 is 1.98. The average Bonchev–Trinajstić information content (AvgIpc) is 3.22. The number of aryl methyl sites for hydroxylation is 1. The summed E-state index contributed by atoms with van der Waals surface area (Å²) in [6, 6.07) is 17.8. The molecule has 2 aliphatic rings. The van der Waals surface area contributed by atoms with Gasteiger partial charge in [-0.2, -0.15) is 0 Å². The number of piperidine rings is 1. The molecule has 1 N–H and O–H groups in total. The van der Waals surface area contributed by atoms with Crippen LogP contribution in [-0.2, 0) is 6.42 Å². The van der Waals surface area contributed by atoms with Crippen molar-refractivity contribution < 1.29 is 0 Å². The summed E-state index contributed by atoms with van der Waals surface area (Å²) >= 11 is 0. The molecule has 1 unspecified atom stereocenters. The number of nitrogens with zero attached hydrogens (tertiary/aromatic N) is 2. The summed E-state index contributed by atoms with van der Waals surface area (Å²) in [6.07, 6.45) is 4.51. The van der Waals surface area contributed by atoms with Crippen molar-refractivity contribution in [2.45, 2.75) is 37.8 Å². The minimum atomic E-state index is 0.0332. The van der Waals surface area contributed by atoms with E-state index < -0.39 is 0 Å². The van der Waals surface area contributed by atoms with Crippen LogP contribution in [0.4, 0.5) is 0 Å². The lowest BCUT2D eigenvalue weighted by molar-refractivity contribution is 0.134. The molecule has 5 rings (SSSR count). The van der Waals surface area contributed by atoms with E-state index in [0.29, 0.717) is 12.1 Å². The molecule has 0 saturated carbocycles. The van der Waals surface area contributed by atoms with Gasteiger partial charge in [-0.15, -0.1) is 0 Å². The van der Waals surface area contributed by atoms with E-state index in [1.807, 2.05) is 28.8 Å². The van der Waals surface area contributed by atoms with Gasteiger partial charge in [-0.05, 0) is 48.9 Å². The maximum absolute atomic E-state index is 12.4. The Morgan fingerprint density at radius 3 is 2.56 bits per heavy atom. The predicted molar refractivity (Wildman–Crippen MR) is 99.9 cm³/mol. The maximum Gasteiger partial charge on any atom is 0.326 e. The van der Waals surface area contributed by atoms with Gasteiger partial charge >= 0.3 is 5.69 Å². The van der Waals surface area contributed by atoms with Gasteiger partial charge in [0.1, 0.15) is 0 Å². The molecule has 128 valence electrons. The van der Waals surface area contributed by atoms with Crippen molar-refractivity contribution in [3.05, 3.63) is 70.1 Å². The normalized spacial score (nSPS) is 21.7. The highest BCUT2D eigenvalue weighted by molar-refractivity contribution is 5.75. The molecular formula is C21H23N3O. The van der Waals surface area contributed by atoms with E-state index in [1.165, 1.54) is 24.0 Å². The van der Waals surface area contributed by atoms with Gasteiger partial charge in [0.05, 0.1) is 11.0 Å². The monoisotopic (exact) mass is 333 g/mol. The fourth-order valence-electron chi connectivity index (χ4n) is 4.81. The Hall–Kier alpha value is -2.33. The van der Waals surface area contributed by atoms with Crippen LogP contribution >= 0.6 is 0 Å². The lowest BCUT2D eigenvalue weighted by Gasteiger charge is -2.36. The van der Waals surface area contributed by atoms with E-state index in [9.17, 15) is 4.79 Å². The summed E-state index contributed by atoms with van der Waals surface area (Å²) in [6.45, 7) is 2.13. The van der Waals surface area contributed by atoms with Crippen LogP contribution in [-0.4, -0.2) is 27.5 Å². The van der Waals surface area contributed by atoms with E-state index in [1.54, 1.807) is 0 Å². The fourth-order valence-corrected chi connectivity index (χ4v) is 4.81. The molecule has 1 atom stereocenters. The Bertz CT molecular complexity index is 962. The molecule has 3 aromatic rings. The van der Waals surface area contributed by atoms with Crippen molar-refractivity contribution in [2.24, 2.45) is 0 Å². The van der Waals surface area contributed by atoms with Crippen LogP contribution < -0.4 is 5.69 Å². The second-order valence-electron chi connectivity index (χ2n) is 7.34. The Balaban J connectivity index is 1.37. The van der Waals surface area contributed by atoms with Gasteiger partial charge < -0.3 is 4.98 Å². The number of hydrogen-bond acceptors (Lipinski definition) is 2. The summed E-state index contributed by atoms with van der Waals surface area (Å²) in [5.41, 5.74) is 5.05. The molecular weight excluding hydrogens is 310 g/mol. The third-order valence-electron chi connectivity index (χ3n) is 6.03. The first-order valence-corrected chi connectivity index (χ1v) is 9.32. The number of nitrogens with one attached hydrogen (secondary N) is 1. The molecule has 2 heterocycles. The number of H-pyrrole nitrogens is 1. The van der Waals surface area contributed by atoms with Crippen LogP contribution in [0, 0.1) is 0 Å². The van der Waals surface area contributed by atoms with Gasteiger partial charge in [-0.3, -0.25) is 9.47 Å². The first kappa shape index (κ1) is 15.0. The van der Waals surface area contributed by atoms with Crippen LogP contribution in [0.3, 0.4) is 0 Å². The zero-order valence-corrected chi connectivity index (χ0v) is 14.3. The number of para-hydroxylation sites is 2. The number of aromatic amines is 1. The Labute approximate surface area is 147 Å². The number of hydrogen-bond donors (Lipinski definition) is 1. The number of rotatable bonds is 2. The second-order valence-corrected chi connectivity index (χ2v) is 7.34. The highest BCUT2D eigenvalue weighted by Gasteiger charge is 2.31. The zero-order valence-electron chi connectivity index (χ0n) is 14.3. The third kappa shape index (κ3) is 2.44. The number of benzene rings is 2. The lowest BCUT2D eigenvalue weighted by Crippen LogP contribution is -2.38. The van der Waals surface area contributed by atoms with E-state index in [0.717, 1.165) is 37.0 Å². The van der Waals surface area contributed by atoms with Gasteiger partial charge in [0.15, 0.2) is 0 Å². The summed E-state index contributed by atoms with van der Waals surface area (Å²) in [4.78, 5) is 18.1. The summed E-state index contributed by atoms with van der Waals surface area (Å²) in [7, 11) is 0. The van der Waals surface area contributed by atoms with Crippen molar-refractivity contribution in [3.8, 4) is 0 Å². The molecule has 1 aliphatic heterocycles. The van der Waals surface area contributed by atoms with Gasteiger partial charge in [-0.1, -0.05) is 36.4 Å². The Kier molecular flexibility index (Phi) is 3.52. The highest BCUT2D eigenvalue weighted by Crippen LogP contribution is 2.38. The smallest absolute Gasteiger partial charge is 0.306 e. The zero-order chi connectivity index (χ0) is 16.8. The molecule has 2 aromatic carbocycles. The number of imidazole rings is 1. The SMILES string of the molecule is O=c1[nH]c2ccccc2n1C1CCN(C2CCc3ccccc32)CC1. The van der Waals surface area contributed by atoms with E-state index >= 15 is 0 Å². The minimum Gasteiger partial charge on any atom is -0.306 e. The lowest BCUT2D eigenvalue weighted by atomic mass is 10.00. The number of fused-ring (bicyclic) bond motifs is 2. The predicted octanol–water partition coefficient (Wildman–Crippen LogP) is 3.65. The van der Waals surface area contributed by atoms with E-state index in [-0.39, 0.29) is 5.69 Å². The maximum atomic E-state index is 12.4. The highest BCUT2D eigenvalue weighted by atomic mass is 16.1. The van der Waals surface area contributed by atoms with Crippen molar-refractivity contribution in [1.29, 1.82) is 0 Å². The van der Waals surface area contributed by atoms with Crippen molar-refractivity contribution >= 4 is 11.0 Å². The molecule has 1 aromatic heterocycles. The molecule has 1 fully saturated rings. The van der Waals surface area contributed by atoms with E-state index in [2.05, 4.69) is 34.1 Å². The standard InChI is InChI=1S/C21H23N3O/c25-21-22-18-7-3-4-8-20(18)24(21)16-11-13-23(14-12-16)19-10-9-15-5-1-2-6-17(15)19/h1-8,16,19H,9-14H2,(H,22,25). The van der Waals surface area contributed by atoms with Gasteiger partial charge in [0.25, 0.3) is 0 Å². The van der Waals surface area contributed by atoms with Crippen LogP contribution in [0.2, 0.25) is 0 Å². The summed E-state index contributed by atoms with van der Waals surface area (Å²) in [5, 5.41) is 0. The quantitative estimate of drug-likeness (QED) is 0.778. The molecule has 4 nitrogen and oxygen atoms in total. The molecule has 0 bridgehead atoms. The molecule has 25 heavy (non-hydrogen) atoms. The molecule has 0 radical (unpaired) electrons. The van der Waals surface area contributed by atoms with Crippen molar-refractivity contribution in [2.75, 3.05) is 13.1 Å². The largest absolute Gasteiger partial charge is 0.326 e. The summed E-state index contributed by atoms with van der Waals surface area (Å²) in [5.74, 6) is 0. The van der Waals surface area contributed by atoms with Crippen molar-refractivity contribution in [3.63, 3.8) is 0 Å². The van der Waals surface area contributed by atoms with E-state index in [4.69, 9.17) is 0 Å². The molecule has 4 heteroatoms. The van der Waals surface area contributed by atoms with Gasteiger partial charge in [0, 0.05) is 25.2 Å². The van der Waals surface area contributed by atoms with Crippen LogP contribution in [0.5, 0.6) is 0 Å². The Morgan fingerprint density at radius 1 is 0.920 bits per heavy atom. The number of aromatic nitrogens is 2. The van der Waals surface area contributed by atoms with Gasteiger partial charge in [-0.25, -0.2) is 4.79 Å². The molecule has 1 saturated heterocycles. The van der Waals surface area contributed by atoms with Crippen LogP contribution in [0.25, 0.3) is 11.0 Å². The molecule has 0 amide bonds. The fraction of sp³-hybridized carbons (Fsp3) is 0.381. The first-order chi connectivity index (χ1) is 12.3. The average molecular weight is 333 g/mol. The first-order valence-electron chi connectivity index (χ1n) is 9.32. The van der Waals surface area contributed by atoms with Crippen LogP contribution in [0.1, 0.15) is 42.5 Å². The molecule has 0 spiro atoms. The Morgan fingerprint density at radius 2 is 1.68 bits per heavy atom. The van der Waals surface area contributed by atoms with Crippen molar-refractivity contribution in [1.82, 2.24) is 14.5 Å². The minimum absolute atomic E-state index is 0.0332.